The Labute approximate surface area is 74.6 Å². The van der Waals surface area contributed by atoms with Gasteiger partial charge in [-0.1, -0.05) is 11.6 Å². The number of halogens is 1. The Bertz CT molecular complexity index is 241. The summed E-state index contributed by atoms with van der Waals surface area (Å²) < 4.78 is 1.51. The Morgan fingerprint density at radius 3 is 3.00 bits per heavy atom. The lowest BCUT2D eigenvalue weighted by Crippen LogP contribution is -2.16. The topological polar surface area (TPSA) is 42.1 Å². The highest BCUT2D eigenvalue weighted by Gasteiger charge is 1.96. The first-order chi connectivity index (χ1) is 5.18. The van der Waals surface area contributed by atoms with Crippen LogP contribution >= 0.6 is 23.5 Å². The molecule has 0 aliphatic carbocycles. The average molecular weight is 190 g/mol. The maximum atomic E-state index is 5.64. The molecule has 0 aliphatic heterocycles. The maximum Gasteiger partial charge on any atom is 0.130 e. The van der Waals surface area contributed by atoms with Gasteiger partial charge in [-0.25, -0.2) is 4.98 Å². The van der Waals surface area contributed by atoms with Gasteiger partial charge in [0, 0.05) is 18.1 Å². The van der Waals surface area contributed by atoms with Crippen molar-refractivity contribution in [2.75, 3.05) is 7.05 Å². The van der Waals surface area contributed by atoms with Gasteiger partial charge >= 0.3 is 0 Å². The second-order valence-corrected chi connectivity index (χ2v) is 3.57. The van der Waals surface area contributed by atoms with Gasteiger partial charge in [-0.05, 0) is 24.1 Å². The molecule has 0 aromatic carbocycles. The van der Waals surface area contributed by atoms with Crippen LogP contribution in [0.3, 0.4) is 0 Å². The van der Waals surface area contributed by atoms with Gasteiger partial charge in [0.1, 0.15) is 5.15 Å². The van der Waals surface area contributed by atoms with E-state index in [0.29, 0.717) is 5.15 Å². The summed E-state index contributed by atoms with van der Waals surface area (Å²) in [7, 11) is 1.76. The normalized spacial score (nSPS) is 10.5. The van der Waals surface area contributed by atoms with Gasteiger partial charge in [0.25, 0.3) is 0 Å². The molecule has 0 unspecified atom stereocenters. The van der Waals surface area contributed by atoms with Gasteiger partial charge in [0.15, 0.2) is 0 Å². The molecule has 0 radical (unpaired) electrons. The van der Waals surface area contributed by atoms with Crippen LogP contribution in [0.25, 0.3) is 0 Å². The Hall–Kier alpha value is -0.290. The minimum absolute atomic E-state index is 0.483. The van der Waals surface area contributed by atoms with Gasteiger partial charge in [-0.2, -0.15) is 4.41 Å². The van der Waals surface area contributed by atoms with E-state index in [0.717, 1.165) is 4.90 Å². The summed E-state index contributed by atoms with van der Waals surface area (Å²) in [6.45, 7) is 0. The predicted octanol–water partition coefficient (Wildman–Crippen LogP) is 1.55. The van der Waals surface area contributed by atoms with E-state index in [9.17, 15) is 0 Å². The fraction of sp³-hybridized carbons (Fsp3) is 0.167. The summed E-state index contributed by atoms with van der Waals surface area (Å²) in [5.41, 5.74) is 0. The van der Waals surface area contributed by atoms with Crippen LogP contribution in [0.1, 0.15) is 0 Å². The van der Waals surface area contributed by atoms with E-state index in [4.69, 9.17) is 17.4 Å². The lowest BCUT2D eigenvalue weighted by atomic mass is 10.5. The summed E-state index contributed by atoms with van der Waals surface area (Å²) in [5.74, 6) is 5.41. The molecule has 1 aromatic rings. The van der Waals surface area contributed by atoms with Crippen molar-refractivity contribution in [2.45, 2.75) is 4.90 Å². The van der Waals surface area contributed by atoms with Crippen LogP contribution in [0.15, 0.2) is 23.2 Å². The van der Waals surface area contributed by atoms with Crippen molar-refractivity contribution >= 4 is 23.5 Å². The molecule has 1 rings (SSSR count). The second kappa shape index (κ2) is 3.92. The standard InChI is InChI=1S/C6H8ClN3S/c1-10(8)11-5-2-3-9-6(7)4-5/h2-4H,8H2,1H3. The largest absolute Gasteiger partial charge is 0.259 e. The molecule has 0 spiro atoms. The van der Waals surface area contributed by atoms with E-state index in [-0.39, 0.29) is 0 Å². The molecule has 0 fully saturated rings. The molecule has 0 saturated carbocycles. The Balaban J connectivity index is 2.71. The summed E-state index contributed by atoms with van der Waals surface area (Å²) in [5, 5.41) is 0.483. The predicted molar refractivity (Wildman–Crippen MR) is 47.1 cm³/mol. The van der Waals surface area contributed by atoms with Crippen molar-refractivity contribution in [1.29, 1.82) is 0 Å². The van der Waals surface area contributed by atoms with Crippen LogP contribution in [0.4, 0.5) is 0 Å². The van der Waals surface area contributed by atoms with Gasteiger partial charge < -0.3 is 0 Å². The molecule has 11 heavy (non-hydrogen) atoms. The minimum atomic E-state index is 0.483. The third-order valence-electron chi connectivity index (χ3n) is 0.947. The summed E-state index contributed by atoms with van der Waals surface area (Å²) in [6, 6.07) is 3.61. The SMILES string of the molecule is CN(N)Sc1ccnc(Cl)c1. The second-order valence-electron chi connectivity index (χ2n) is 1.95. The Morgan fingerprint density at radius 2 is 2.45 bits per heavy atom. The molecule has 1 aromatic heterocycles. The number of nitrogens with zero attached hydrogens (tertiary/aromatic N) is 2. The lowest BCUT2D eigenvalue weighted by molar-refractivity contribution is 0.610. The third-order valence-corrected chi connectivity index (χ3v) is 1.91. The zero-order chi connectivity index (χ0) is 8.27. The number of aromatic nitrogens is 1. The number of pyridine rings is 1. The van der Waals surface area contributed by atoms with E-state index in [2.05, 4.69) is 4.98 Å². The zero-order valence-electron chi connectivity index (χ0n) is 5.99. The van der Waals surface area contributed by atoms with Crippen molar-refractivity contribution in [3.05, 3.63) is 23.5 Å². The van der Waals surface area contributed by atoms with Gasteiger partial charge in [-0.3, -0.25) is 5.84 Å². The first kappa shape index (κ1) is 8.80. The van der Waals surface area contributed by atoms with Crippen molar-refractivity contribution in [1.82, 2.24) is 9.40 Å². The van der Waals surface area contributed by atoms with E-state index in [1.807, 2.05) is 6.07 Å². The number of hydrazine groups is 1. The highest BCUT2D eigenvalue weighted by molar-refractivity contribution is 7.97. The minimum Gasteiger partial charge on any atom is -0.259 e. The molecule has 5 heteroatoms. The summed E-state index contributed by atoms with van der Waals surface area (Å²) in [6.07, 6.45) is 1.65. The first-order valence-corrected chi connectivity index (χ1v) is 4.11. The quantitative estimate of drug-likeness (QED) is 0.332. The maximum absolute atomic E-state index is 5.64. The fourth-order valence-corrected chi connectivity index (χ4v) is 1.46. The van der Waals surface area contributed by atoms with E-state index in [1.54, 1.807) is 19.3 Å². The van der Waals surface area contributed by atoms with E-state index >= 15 is 0 Å². The fourth-order valence-electron chi connectivity index (χ4n) is 0.608. The third kappa shape index (κ3) is 3.07. The van der Waals surface area contributed by atoms with Gasteiger partial charge in [0.05, 0.1) is 0 Å². The molecule has 0 saturated heterocycles. The van der Waals surface area contributed by atoms with E-state index < -0.39 is 0 Å². The number of nitrogens with two attached hydrogens (primary N) is 1. The average Bonchev–Trinajstić information content (AvgIpc) is 1.85. The van der Waals surface area contributed by atoms with Crippen LogP contribution < -0.4 is 5.84 Å². The molecular weight excluding hydrogens is 182 g/mol. The number of hydrogen-bond acceptors (Lipinski definition) is 4. The monoisotopic (exact) mass is 189 g/mol. The molecule has 0 amide bonds. The van der Waals surface area contributed by atoms with Crippen LogP contribution in [-0.2, 0) is 0 Å². The first-order valence-electron chi connectivity index (χ1n) is 2.96. The smallest absolute Gasteiger partial charge is 0.130 e. The number of rotatable bonds is 2. The summed E-state index contributed by atoms with van der Waals surface area (Å²) >= 11 is 7.04. The molecule has 2 N–H and O–H groups in total. The highest BCUT2D eigenvalue weighted by atomic mass is 35.5. The van der Waals surface area contributed by atoms with Crippen LogP contribution in [0, 0.1) is 0 Å². The van der Waals surface area contributed by atoms with Crippen molar-refractivity contribution in [3.8, 4) is 0 Å². The van der Waals surface area contributed by atoms with Crippen LogP contribution in [-0.4, -0.2) is 16.4 Å². The van der Waals surface area contributed by atoms with Crippen molar-refractivity contribution in [3.63, 3.8) is 0 Å². The number of hydrogen-bond donors (Lipinski definition) is 1. The highest BCUT2D eigenvalue weighted by Crippen LogP contribution is 2.19. The lowest BCUT2D eigenvalue weighted by Gasteiger charge is -2.06. The molecule has 0 aliphatic rings. The molecular formula is C6H8ClN3S. The molecule has 0 bridgehead atoms. The Morgan fingerprint density at radius 1 is 1.73 bits per heavy atom. The molecule has 0 atom stereocenters. The van der Waals surface area contributed by atoms with Gasteiger partial charge in [0.2, 0.25) is 0 Å². The zero-order valence-corrected chi connectivity index (χ0v) is 7.56. The van der Waals surface area contributed by atoms with Crippen molar-refractivity contribution in [2.24, 2.45) is 5.84 Å². The molecule has 3 nitrogen and oxygen atoms in total. The Kier molecular flexibility index (Phi) is 3.14. The molecule has 60 valence electrons. The van der Waals surface area contributed by atoms with Crippen LogP contribution in [0.5, 0.6) is 0 Å². The summed E-state index contributed by atoms with van der Waals surface area (Å²) in [4.78, 5) is 4.82. The van der Waals surface area contributed by atoms with Crippen LogP contribution in [0.2, 0.25) is 5.15 Å². The molecule has 1 heterocycles. The van der Waals surface area contributed by atoms with Crippen molar-refractivity contribution < 1.29 is 0 Å². The van der Waals surface area contributed by atoms with E-state index in [1.165, 1.54) is 16.4 Å². The van der Waals surface area contributed by atoms with Gasteiger partial charge in [-0.15, -0.1) is 0 Å².